The molecule has 0 bridgehead atoms. The quantitative estimate of drug-likeness (QED) is 0.630. The summed E-state index contributed by atoms with van der Waals surface area (Å²) in [6.07, 6.45) is -4.59. The molecular formula is C7H6F3N3O3S. The van der Waals surface area contributed by atoms with Gasteiger partial charge in [-0.1, -0.05) is 5.16 Å². The highest BCUT2D eigenvalue weighted by Gasteiger charge is 2.29. The summed E-state index contributed by atoms with van der Waals surface area (Å²) in [4.78, 5) is 18.2. The second-order valence-corrected chi connectivity index (χ2v) is 3.59. The molecule has 0 aliphatic carbocycles. The Morgan fingerprint density at radius 1 is 1.65 bits per heavy atom. The van der Waals surface area contributed by atoms with Crippen molar-refractivity contribution in [3.8, 4) is 0 Å². The smallest absolute Gasteiger partial charge is 0.425 e. The Balaban J connectivity index is 2.80. The molecule has 0 spiro atoms. The molecule has 0 aromatic carbocycles. The fourth-order valence-corrected chi connectivity index (χ4v) is 1.31. The summed E-state index contributed by atoms with van der Waals surface area (Å²) in [5, 5.41) is 12.9. The summed E-state index contributed by atoms with van der Waals surface area (Å²) in [7, 11) is 0. The highest BCUT2D eigenvalue weighted by molar-refractivity contribution is 7.13. The minimum absolute atomic E-state index is 0.0739. The summed E-state index contributed by atoms with van der Waals surface area (Å²) in [6, 6.07) is 0. The number of nitrogens with two attached hydrogens (primary N) is 1. The lowest BCUT2D eigenvalue weighted by Crippen LogP contribution is -2.19. The maximum atomic E-state index is 11.7. The molecule has 0 radical (unpaired) electrons. The molecule has 0 atom stereocenters. The summed E-state index contributed by atoms with van der Waals surface area (Å²) < 4.78 is 35.2. The number of hydrogen-bond donors (Lipinski definition) is 2. The molecule has 17 heavy (non-hydrogen) atoms. The molecule has 0 aliphatic rings. The van der Waals surface area contributed by atoms with Crippen molar-refractivity contribution in [3.05, 3.63) is 11.1 Å². The van der Waals surface area contributed by atoms with E-state index in [1.165, 1.54) is 5.38 Å². The average molecular weight is 269 g/mol. The monoisotopic (exact) mass is 269 g/mol. The predicted octanol–water partition coefficient (Wildman–Crippen LogP) is 1.09. The molecule has 0 saturated heterocycles. The van der Waals surface area contributed by atoms with Crippen molar-refractivity contribution in [2.24, 2.45) is 5.16 Å². The van der Waals surface area contributed by atoms with Gasteiger partial charge in [-0.2, -0.15) is 13.2 Å². The van der Waals surface area contributed by atoms with Gasteiger partial charge in [-0.3, -0.25) is 0 Å². The Morgan fingerprint density at radius 3 is 2.71 bits per heavy atom. The number of aromatic nitrogens is 1. The summed E-state index contributed by atoms with van der Waals surface area (Å²) in [5.41, 5.74) is 4.37. The van der Waals surface area contributed by atoms with Crippen LogP contribution in [0, 0.1) is 0 Å². The fraction of sp³-hybridized carbons (Fsp3) is 0.286. The van der Waals surface area contributed by atoms with E-state index in [2.05, 4.69) is 15.0 Å². The molecule has 0 amide bonds. The van der Waals surface area contributed by atoms with Gasteiger partial charge < -0.3 is 15.7 Å². The van der Waals surface area contributed by atoms with Crippen molar-refractivity contribution in [2.45, 2.75) is 6.18 Å². The van der Waals surface area contributed by atoms with Crippen LogP contribution in [0.1, 0.15) is 5.69 Å². The van der Waals surface area contributed by atoms with Gasteiger partial charge in [-0.15, -0.1) is 11.3 Å². The first-order valence-corrected chi connectivity index (χ1v) is 4.89. The zero-order valence-electron chi connectivity index (χ0n) is 8.06. The van der Waals surface area contributed by atoms with Gasteiger partial charge >= 0.3 is 12.1 Å². The Bertz CT molecular complexity index is 443. The molecule has 1 heterocycles. The second kappa shape index (κ2) is 4.99. The lowest BCUT2D eigenvalue weighted by Gasteiger charge is -2.04. The third-order valence-electron chi connectivity index (χ3n) is 1.35. The molecule has 3 N–H and O–H groups in total. The van der Waals surface area contributed by atoms with Crippen molar-refractivity contribution < 1.29 is 27.9 Å². The maximum Gasteiger partial charge on any atom is 0.425 e. The van der Waals surface area contributed by atoms with E-state index in [9.17, 15) is 18.0 Å². The van der Waals surface area contributed by atoms with Gasteiger partial charge in [0, 0.05) is 5.38 Å². The van der Waals surface area contributed by atoms with Gasteiger partial charge in [0.2, 0.25) is 12.3 Å². The number of oxime groups is 1. The van der Waals surface area contributed by atoms with Gasteiger partial charge in [0.25, 0.3) is 0 Å². The number of thiazole rings is 1. The number of nitrogen functional groups attached to an aromatic ring is 1. The molecule has 1 rings (SSSR count). The van der Waals surface area contributed by atoms with Crippen molar-refractivity contribution in [1.29, 1.82) is 0 Å². The lowest BCUT2D eigenvalue weighted by molar-refractivity contribution is -0.174. The number of anilines is 1. The largest absolute Gasteiger partial charge is 0.476 e. The number of halogens is 3. The third-order valence-corrected chi connectivity index (χ3v) is 2.03. The van der Waals surface area contributed by atoms with Gasteiger partial charge in [0.15, 0.2) is 5.13 Å². The molecule has 1 aromatic heterocycles. The molecule has 0 saturated carbocycles. The summed E-state index contributed by atoms with van der Waals surface area (Å²) in [6.45, 7) is -1.68. The molecular weight excluding hydrogens is 263 g/mol. The standard InChI is InChI=1S/C7H6F3N3O3S/c8-7(9,10)2-16-13-4(5(14)15)3-1-17-6(11)12-3/h1H,2H2,(H2,11,12)(H,14,15)/b13-4-. The number of rotatable bonds is 4. The summed E-state index contributed by atoms with van der Waals surface area (Å²) in [5.74, 6) is -1.56. The van der Waals surface area contributed by atoms with E-state index >= 15 is 0 Å². The Morgan fingerprint density at radius 2 is 2.29 bits per heavy atom. The normalized spacial score (nSPS) is 12.5. The second-order valence-electron chi connectivity index (χ2n) is 2.70. The summed E-state index contributed by atoms with van der Waals surface area (Å²) >= 11 is 0.934. The number of carboxylic acid groups (broad SMARTS) is 1. The molecule has 10 heteroatoms. The van der Waals surface area contributed by atoms with Crippen LogP contribution in [0.15, 0.2) is 10.5 Å². The Labute approximate surface area is 96.5 Å². The fourth-order valence-electron chi connectivity index (χ4n) is 0.762. The van der Waals surface area contributed by atoms with Gasteiger partial charge in [-0.05, 0) is 0 Å². The van der Waals surface area contributed by atoms with Crippen LogP contribution in [-0.4, -0.2) is 34.6 Å². The van der Waals surface area contributed by atoms with E-state index in [0.29, 0.717) is 0 Å². The number of hydrogen-bond acceptors (Lipinski definition) is 6. The first-order chi connectivity index (χ1) is 7.79. The van der Waals surface area contributed by atoms with E-state index < -0.39 is 24.5 Å². The van der Waals surface area contributed by atoms with E-state index in [1.54, 1.807) is 0 Å². The lowest BCUT2D eigenvalue weighted by atomic mass is 10.3. The number of carboxylic acids is 1. The van der Waals surface area contributed by atoms with Crippen molar-refractivity contribution in [1.82, 2.24) is 4.98 Å². The number of aliphatic carboxylic acids is 1. The minimum atomic E-state index is -4.59. The topological polar surface area (TPSA) is 97.8 Å². The Hall–Kier alpha value is -1.84. The van der Waals surface area contributed by atoms with Crippen LogP contribution in [0.25, 0.3) is 0 Å². The highest BCUT2D eigenvalue weighted by atomic mass is 32.1. The van der Waals surface area contributed by atoms with Crippen molar-refractivity contribution in [3.63, 3.8) is 0 Å². The van der Waals surface area contributed by atoms with Crippen LogP contribution in [0.3, 0.4) is 0 Å². The molecule has 6 nitrogen and oxygen atoms in total. The first kappa shape index (κ1) is 13.2. The first-order valence-electron chi connectivity index (χ1n) is 4.01. The SMILES string of the molecule is Nc1nc(/C(=N/OCC(F)(F)F)C(=O)O)cs1. The molecule has 0 fully saturated rings. The van der Waals surface area contributed by atoms with Crippen LogP contribution in [0.2, 0.25) is 0 Å². The van der Waals surface area contributed by atoms with E-state index in [4.69, 9.17) is 10.8 Å². The predicted molar refractivity (Wildman–Crippen MR) is 52.7 cm³/mol. The van der Waals surface area contributed by atoms with Gasteiger partial charge in [-0.25, -0.2) is 9.78 Å². The van der Waals surface area contributed by atoms with E-state index in [1.807, 2.05) is 0 Å². The van der Waals surface area contributed by atoms with Crippen LogP contribution in [0.4, 0.5) is 18.3 Å². The molecule has 1 aromatic rings. The highest BCUT2D eigenvalue weighted by Crippen LogP contribution is 2.16. The van der Waals surface area contributed by atoms with E-state index in [0.717, 1.165) is 11.3 Å². The Kier molecular flexibility index (Phi) is 3.89. The van der Waals surface area contributed by atoms with Gasteiger partial charge in [0.05, 0.1) is 0 Å². The minimum Gasteiger partial charge on any atom is -0.476 e. The zero-order valence-corrected chi connectivity index (χ0v) is 8.88. The van der Waals surface area contributed by atoms with E-state index in [-0.39, 0.29) is 10.8 Å². The van der Waals surface area contributed by atoms with Crippen LogP contribution in [-0.2, 0) is 9.63 Å². The zero-order chi connectivity index (χ0) is 13.1. The molecule has 0 aliphatic heterocycles. The van der Waals surface area contributed by atoms with Crippen LogP contribution >= 0.6 is 11.3 Å². The van der Waals surface area contributed by atoms with Crippen molar-refractivity contribution in [2.75, 3.05) is 12.3 Å². The maximum absolute atomic E-state index is 11.7. The number of nitrogens with zero attached hydrogens (tertiary/aromatic N) is 2. The molecule has 94 valence electrons. The third kappa shape index (κ3) is 4.26. The average Bonchev–Trinajstić information content (AvgIpc) is 2.57. The molecule has 0 unspecified atom stereocenters. The number of carbonyl (C=O) groups is 1. The number of alkyl halides is 3. The van der Waals surface area contributed by atoms with Crippen molar-refractivity contribution >= 4 is 28.1 Å². The van der Waals surface area contributed by atoms with Crippen LogP contribution in [0.5, 0.6) is 0 Å². The van der Waals surface area contributed by atoms with Gasteiger partial charge in [0.1, 0.15) is 5.69 Å². The van der Waals surface area contributed by atoms with Crippen LogP contribution < -0.4 is 5.73 Å².